The number of thiazole rings is 2. The van der Waals surface area contributed by atoms with Crippen LogP contribution in [0.15, 0.2) is 46.9 Å². The van der Waals surface area contributed by atoms with Crippen LogP contribution in [-0.2, 0) is 16.0 Å². The highest BCUT2D eigenvalue weighted by molar-refractivity contribution is 7.73. The SMILES string of the molecule is CCOC(=O)[C@H](Cc1ccccc1)n1c(O)c(C=Nc2nccs2)sc1=S. The molecule has 1 atom stereocenters. The molecule has 0 fully saturated rings. The van der Waals surface area contributed by atoms with Gasteiger partial charge < -0.3 is 9.84 Å². The van der Waals surface area contributed by atoms with Crippen molar-refractivity contribution in [2.75, 3.05) is 6.61 Å². The van der Waals surface area contributed by atoms with Crippen LogP contribution < -0.4 is 0 Å². The summed E-state index contributed by atoms with van der Waals surface area (Å²) in [6.07, 6.45) is 3.53. The molecule has 0 spiro atoms. The van der Waals surface area contributed by atoms with E-state index in [2.05, 4.69) is 9.98 Å². The Hall–Kier alpha value is -2.36. The molecule has 0 unspecified atom stereocenters. The number of rotatable bonds is 7. The normalized spacial score (nSPS) is 12.3. The molecular formula is C18H17N3O3S3. The summed E-state index contributed by atoms with van der Waals surface area (Å²) in [6, 6.07) is 8.79. The molecule has 0 saturated carbocycles. The van der Waals surface area contributed by atoms with Crippen LogP contribution in [0.3, 0.4) is 0 Å². The van der Waals surface area contributed by atoms with Crippen LogP contribution in [0, 0.1) is 3.95 Å². The average molecular weight is 420 g/mol. The number of aliphatic imine (C=N–C) groups is 1. The number of nitrogens with zero attached hydrogens (tertiary/aromatic N) is 3. The van der Waals surface area contributed by atoms with Crippen LogP contribution in [-0.4, -0.2) is 33.4 Å². The lowest BCUT2D eigenvalue weighted by Gasteiger charge is -2.18. The molecule has 1 N–H and O–H groups in total. The van der Waals surface area contributed by atoms with Crippen molar-refractivity contribution in [2.45, 2.75) is 19.4 Å². The van der Waals surface area contributed by atoms with E-state index in [0.717, 1.165) is 5.56 Å². The molecule has 0 bridgehead atoms. The molecule has 6 nitrogen and oxygen atoms in total. The van der Waals surface area contributed by atoms with Gasteiger partial charge in [0.2, 0.25) is 11.0 Å². The number of hydrogen-bond donors (Lipinski definition) is 1. The minimum absolute atomic E-state index is 0.0979. The van der Waals surface area contributed by atoms with Gasteiger partial charge in [0.1, 0.15) is 10.9 Å². The molecule has 2 heterocycles. The molecule has 0 aliphatic rings. The second-order valence-electron chi connectivity index (χ2n) is 5.46. The van der Waals surface area contributed by atoms with Crippen LogP contribution in [0.5, 0.6) is 5.88 Å². The van der Waals surface area contributed by atoms with E-state index in [0.29, 0.717) is 20.4 Å². The third kappa shape index (κ3) is 4.68. The maximum absolute atomic E-state index is 12.6. The number of esters is 1. The molecule has 0 aliphatic carbocycles. The van der Waals surface area contributed by atoms with Crippen molar-refractivity contribution in [1.29, 1.82) is 0 Å². The van der Waals surface area contributed by atoms with Crippen molar-refractivity contribution in [1.82, 2.24) is 9.55 Å². The van der Waals surface area contributed by atoms with Crippen LogP contribution in [0.25, 0.3) is 0 Å². The lowest BCUT2D eigenvalue weighted by atomic mass is 10.1. The summed E-state index contributed by atoms with van der Waals surface area (Å²) in [7, 11) is 0. The Morgan fingerprint density at radius 3 is 2.89 bits per heavy atom. The lowest BCUT2D eigenvalue weighted by molar-refractivity contribution is -0.147. The van der Waals surface area contributed by atoms with Crippen molar-refractivity contribution in [3.05, 3.63) is 56.3 Å². The molecule has 0 aliphatic heterocycles. The molecule has 140 valence electrons. The third-order valence-electron chi connectivity index (χ3n) is 3.70. The minimum atomic E-state index is -0.752. The average Bonchev–Trinajstić information content (AvgIpc) is 3.27. The van der Waals surface area contributed by atoms with Crippen molar-refractivity contribution < 1.29 is 14.6 Å². The maximum atomic E-state index is 12.6. The summed E-state index contributed by atoms with van der Waals surface area (Å²) in [6.45, 7) is 2.00. The summed E-state index contributed by atoms with van der Waals surface area (Å²) >= 11 is 7.98. The summed E-state index contributed by atoms with van der Waals surface area (Å²) in [5.41, 5.74) is 0.945. The van der Waals surface area contributed by atoms with Gasteiger partial charge in [-0.15, -0.1) is 11.3 Å². The van der Waals surface area contributed by atoms with E-state index in [1.807, 2.05) is 35.7 Å². The Kier molecular flexibility index (Phi) is 6.49. The summed E-state index contributed by atoms with van der Waals surface area (Å²) in [5.74, 6) is -0.534. The van der Waals surface area contributed by atoms with Gasteiger partial charge in [0.05, 0.1) is 12.8 Å². The zero-order valence-corrected chi connectivity index (χ0v) is 16.9. The molecule has 0 radical (unpaired) electrons. The fraction of sp³-hybridized carbons (Fsp3) is 0.222. The van der Waals surface area contributed by atoms with Crippen molar-refractivity contribution in [3.8, 4) is 5.88 Å². The summed E-state index contributed by atoms with van der Waals surface area (Å²) in [4.78, 5) is 21.3. The number of aromatic hydroxyl groups is 1. The smallest absolute Gasteiger partial charge is 0.329 e. The first kappa shape index (κ1) is 19.4. The number of carbonyl (C=O) groups is 1. The fourth-order valence-electron chi connectivity index (χ4n) is 2.50. The Morgan fingerprint density at radius 2 is 2.22 bits per heavy atom. The number of benzene rings is 1. The van der Waals surface area contributed by atoms with Crippen molar-refractivity contribution in [2.24, 2.45) is 4.99 Å². The minimum Gasteiger partial charge on any atom is -0.493 e. The lowest BCUT2D eigenvalue weighted by Crippen LogP contribution is -2.24. The highest BCUT2D eigenvalue weighted by atomic mass is 32.1. The Balaban J connectivity index is 1.96. The molecule has 3 rings (SSSR count). The Morgan fingerprint density at radius 1 is 1.44 bits per heavy atom. The number of ether oxygens (including phenoxy) is 1. The van der Waals surface area contributed by atoms with E-state index in [1.165, 1.54) is 33.5 Å². The van der Waals surface area contributed by atoms with Crippen molar-refractivity contribution >= 4 is 52.2 Å². The molecule has 27 heavy (non-hydrogen) atoms. The Bertz CT molecular complexity index is 978. The third-order valence-corrected chi connectivity index (χ3v) is 5.70. The quantitative estimate of drug-likeness (QED) is 0.346. The van der Waals surface area contributed by atoms with E-state index in [1.54, 1.807) is 13.1 Å². The monoisotopic (exact) mass is 419 g/mol. The molecule has 1 aromatic carbocycles. The highest BCUT2D eigenvalue weighted by Crippen LogP contribution is 2.31. The predicted octanol–water partition coefficient (Wildman–Crippen LogP) is 4.54. The predicted molar refractivity (Wildman–Crippen MR) is 110 cm³/mol. The number of hydrogen-bond acceptors (Lipinski definition) is 8. The van der Waals surface area contributed by atoms with Gasteiger partial charge in [0.25, 0.3) is 0 Å². The molecule has 3 aromatic rings. The highest BCUT2D eigenvalue weighted by Gasteiger charge is 2.27. The molecule has 9 heteroatoms. The number of carbonyl (C=O) groups excluding carboxylic acids is 1. The largest absolute Gasteiger partial charge is 0.493 e. The van der Waals surface area contributed by atoms with Crippen LogP contribution in [0.4, 0.5) is 5.13 Å². The van der Waals surface area contributed by atoms with Gasteiger partial charge in [-0.25, -0.2) is 14.8 Å². The summed E-state index contributed by atoms with van der Waals surface area (Å²) in [5, 5.41) is 13.1. The van der Waals surface area contributed by atoms with E-state index in [4.69, 9.17) is 17.0 Å². The van der Waals surface area contributed by atoms with Gasteiger partial charge in [0.15, 0.2) is 3.95 Å². The first-order valence-electron chi connectivity index (χ1n) is 8.18. The second-order valence-corrected chi connectivity index (χ2v) is 8.01. The standard InChI is InChI=1S/C18H17N3O3S3/c1-2-24-16(23)13(10-12-6-4-3-5-7-12)21-15(22)14(27-18(21)25)11-20-17-19-8-9-26-17/h3-9,11,13,22H,2,10H2,1H3/t13-/m0/s1. The van der Waals surface area contributed by atoms with Gasteiger partial charge in [-0.3, -0.25) is 4.57 Å². The molecule has 0 amide bonds. The van der Waals surface area contributed by atoms with Crippen molar-refractivity contribution in [3.63, 3.8) is 0 Å². The van der Waals surface area contributed by atoms with Crippen LogP contribution in [0.1, 0.15) is 23.4 Å². The van der Waals surface area contributed by atoms with E-state index < -0.39 is 12.0 Å². The van der Waals surface area contributed by atoms with Gasteiger partial charge in [-0.1, -0.05) is 41.7 Å². The van der Waals surface area contributed by atoms with Gasteiger partial charge in [-0.05, 0) is 24.7 Å². The topological polar surface area (TPSA) is 76.7 Å². The summed E-state index contributed by atoms with van der Waals surface area (Å²) < 4.78 is 7.03. The molecular weight excluding hydrogens is 402 g/mol. The Labute approximate surface area is 169 Å². The van der Waals surface area contributed by atoms with Gasteiger partial charge in [0, 0.05) is 18.0 Å². The van der Waals surface area contributed by atoms with Crippen LogP contribution in [0.2, 0.25) is 0 Å². The molecule has 2 aromatic heterocycles. The maximum Gasteiger partial charge on any atom is 0.329 e. The zero-order valence-electron chi connectivity index (χ0n) is 14.4. The van der Waals surface area contributed by atoms with Gasteiger partial charge >= 0.3 is 5.97 Å². The molecule has 0 saturated heterocycles. The first-order chi connectivity index (χ1) is 13.1. The first-order valence-corrected chi connectivity index (χ1v) is 10.3. The van der Waals surface area contributed by atoms with E-state index in [9.17, 15) is 9.90 Å². The van der Waals surface area contributed by atoms with E-state index >= 15 is 0 Å². The zero-order chi connectivity index (χ0) is 19.2. The second kappa shape index (κ2) is 9.03. The number of aromatic nitrogens is 2. The van der Waals surface area contributed by atoms with E-state index in [-0.39, 0.29) is 12.5 Å². The fourth-order valence-corrected chi connectivity index (χ4v) is 4.26. The van der Waals surface area contributed by atoms with Gasteiger partial charge in [-0.2, -0.15) is 0 Å². The van der Waals surface area contributed by atoms with Crippen LogP contribution >= 0.6 is 34.9 Å².